The van der Waals surface area contributed by atoms with E-state index in [1.165, 1.54) is 12.1 Å². The fourth-order valence-corrected chi connectivity index (χ4v) is 6.23. The molecule has 4 amide bonds. The molecule has 2 fully saturated rings. The maximum atomic E-state index is 13.9. The summed E-state index contributed by atoms with van der Waals surface area (Å²) in [6.45, 7) is 3.12. The highest BCUT2D eigenvalue weighted by atomic mass is 19.1. The van der Waals surface area contributed by atoms with Crippen LogP contribution in [-0.2, 0) is 44.1 Å². The fraction of sp³-hybridized carbons (Fsp3) is 0.467. The van der Waals surface area contributed by atoms with Gasteiger partial charge in [-0.3, -0.25) is 14.4 Å². The van der Waals surface area contributed by atoms with Crippen LogP contribution in [0.15, 0.2) is 36.4 Å². The lowest BCUT2D eigenvalue weighted by molar-refractivity contribution is -0.143. The lowest BCUT2D eigenvalue weighted by atomic mass is 9.94. The normalized spacial score (nSPS) is 24.1. The van der Waals surface area contributed by atoms with Gasteiger partial charge >= 0.3 is 6.09 Å². The number of nitrogens with two attached hydrogens (primary N) is 1. The average molecular weight is 549 g/mol. The van der Waals surface area contributed by atoms with Crippen molar-refractivity contribution in [3.63, 3.8) is 0 Å². The van der Waals surface area contributed by atoms with Crippen molar-refractivity contribution in [2.24, 2.45) is 11.7 Å². The van der Waals surface area contributed by atoms with Gasteiger partial charge in [0.25, 0.3) is 5.91 Å². The van der Waals surface area contributed by atoms with E-state index < -0.39 is 29.7 Å². The summed E-state index contributed by atoms with van der Waals surface area (Å²) >= 11 is 0. The molecule has 2 aliphatic heterocycles. The van der Waals surface area contributed by atoms with Crippen LogP contribution in [0.4, 0.5) is 14.9 Å². The van der Waals surface area contributed by atoms with Gasteiger partial charge in [0, 0.05) is 30.3 Å². The van der Waals surface area contributed by atoms with Crippen LogP contribution in [0.3, 0.4) is 0 Å². The molecule has 2 aromatic carbocycles. The third kappa shape index (κ3) is 4.54. The van der Waals surface area contributed by atoms with Crippen LogP contribution in [0, 0.1) is 11.7 Å². The first-order chi connectivity index (χ1) is 19.0. The molecule has 40 heavy (non-hydrogen) atoms. The molecule has 0 aromatic heterocycles. The quantitative estimate of drug-likeness (QED) is 0.591. The zero-order chi connectivity index (χ0) is 28.4. The predicted octanol–water partition coefficient (Wildman–Crippen LogP) is 3.38. The number of amides is 4. The number of imide groups is 1. The molecule has 1 saturated carbocycles. The van der Waals surface area contributed by atoms with Crippen LogP contribution in [0.5, 0.6) is 0 Å². The predicted molar refractivity (Wildman–Crippen MR) is 143 cm³/mol. The van der Waals surface area contributed by atoms with Crippen LogP contribution < -0.4 is 11.1 Å². The standard InChI is InChI=1S/C30H33FN4O5/c1-29(2,32)26(37)33-22-8-9-23-19(14-22)11-12-30(23)27(38)35(28(39)40-30)16-25(36)34-15-20-5-7-21(31)13-18(20)6-10-24(34)17-3-4-17/h5,7-9,13-14,17,24H,3-4,6,10-12,15-16,32H2,1-2H3,(H,33,37)/t24-,30-/m0/s1. The highest BCUT2D eigenvalue weighted by Gasteiger charge is 2.58. The van der Waals surface area contributed by atoms with Crippen LogP contribution in [0.1, 0.15) is 61.8 Å². The first kappa shape index (κ1) is 26.4. The van der Waals surface area contributed by atoms with Gasteiger partial charge in [-0.1, -0.05) is 12.1 Å². The van der Waals surface area contributed by atoms with Gasteiger partial charge in [0.05, 0.1) is 5.54 Å². The number of aryl methyl sites for hydroxylation is 2. The van der Waals surface area contributed by atoms with Gasteiger partial charge in [0.2, 0.25) is 17.4 Å². The van der Waals surface area contributed by atoms with E-state index in [0.717, 1.165) is 34.4 Å². The van der Waals surface area contributed by atoms with Gasteiger partial charge < -0.3 is 20.7 Å². The van der Waals surface area contributed by atoms with Crippen LogP contribution in [0.2, 0.25) is 0 Å². The summed E-state index contributed by atoms with van der Waals surface area (Å²) in [7, 11) is 0. The minimum absolute atomic E-state index is 0.0232. The number of benzene rings is 2. The fourth-order valence-electron chi connectivity index (χ4n) is 6.23. The summed E-state index contributed by atoms with van der Waals surface area (Å²) in [6, 6.07) is 9.73. The Morgan fingerprint density at radius 3 is 2.58 bits per heavy atom. The first-order valence-corrected chi connectivity index (χ1v) is 13.8. The van der Waals surface area contributed by atoms with E-state index in [1.807, 2.05) is 0 Å². The number of hydrogen-bond donors (Lipinski definition) is 2. The number of carbonyl (C=O) groups is 4. The second-order valence-corrected chi connectivity index (χ2v) is 12.0. The van der Waals surface area contributed by atoms with E-state index in [2.05, 4.69) is 5.32 Å². The lowest BCUT2D eigenvalue weighted by Gasteiger charge is -2.31. The number of anilines is 1. The van der Waals surface area contributed by atoms with E-state index >= 15 is 0 Å². The second-order valence-electron chi connectivity index (χ2n) is 12.0. The van der Waals surface area contributed by atoms with Crippen molar-refractivity contribution in [3.8, 4) is 0 Å². The van der Waals surface area contributed by atoms with Gasteiger partial charge in [-0.25, -0.2) is 14.1 Å². The van der Waals surface area contributed by atoms with Crippen LogP contribution in [0.25, 0.3) is 0 Å². The molecule has 2 aromatic rings. The van der Waals surface area contributed by atoms with Gasteiger partial charge in [-0.15, -0.1) is 0 Å². The molecule has 10 heteroatoms. The molecule has 4 aliphatic rings. The Morgan fingerprint density at radius 1 is 1.07 bits per heavy atom. The maximum absolute atomic E-state index is 13.9. The number of halogens is 1. The molecule has 0 radical (unpaired) electrons. The summed E-state index contributed by atoms with van der Waals surface area (Å²) < 4.78 is 19.6. The molecule has 3 N–H and O–H groups in total. The average Bonchev–Trinajstić information content (AvgIpc) is 3.66. The molecule has 2 aliphatic carbocycles. The van der Waals surface area contributed by atoms with E-state index in [9.17, 15) is 23.6 Å². The van der Waals surface area contributed by atoms with E-state index in [0.29, 0.717) is 43.0 Å². The molecule has 1 saturated heterocycles. The molecule has 0 bridgehead atoms. The molecule has 9 nitrogen and oxygen atoms in total. The zero-order valence-corrected chi connectivity index (χ0v) is 22.7. The monoisotopic (exact) mass is 548 g/mol. The van der Waals surface area contributed by atoms with Crippen molar-refractivity contribution in [2.45, 2.75) is 76.1 Å². The van der Waals surface area contributed by atoms with Crippen molar-refractivity contribution in [3.05, 3.63) is 64.5 Å². The van der Waals surface area contributed by atoms with Gasteiger partial charge in [-0.2, -0.15) is 0 Å². The molecule has 1 spiro atoms. The highest BCUT2D eigenvalue weighted by molar-refractivity contribution is 6.06. The summed E-state index contributed by atoms with van der Waals surface area (Å²) in [5.74, 6) is -1.15. The summed E-state index contributed by atoms with van der Waals surface area (Å²) in [6.07, 6.45) is 3.31. The van der Waals surface area contributed by atoms with Crippen LogP contribution >= 0.6 is 0 Å². The number of nitrogens with one attached hydrogen (secondary N) is 1. The topological polar surface area (TPSA) is 122 Å². The molecule has 2 atom stereocenters. The third-order valence-electron chi connectivity index (χ3n) is 8.60. The Labute approximate surface area is 231 Å². The Morgan fingerprint density at radius 2 is 1.85 bits per heavy atom. The Balaban J connectivity index is 1.21. The van der Waals surface area contributed by atoms with Crippen molar-refractivity contribution in [1.82, 2.24) is 9.80 Å². The molecule has 0 unspecified atom stereocenters. The van der Waals surface area contributed by atoms with Crippen LogP contribution in [-0.4, -0.2) is 51.7 Å². The molecule has 210 valence electrons. The van der Waals surface area contributed by atoms with Crippen molar-refractivity contribution >= 4 is 29.5 Å². The second kappa shape index (κ2) is 9.40. The number of fused-ring (bicyclic) bond motifs is 3. The van der Waals surface area contributed by atoms with Gasteiger partial charge in [0.1, 0.15) is 12.4 Å². The highest BCUT2D eigenvalue weighted by Crippen LogP contribution is 2.46. The summed E-state index contributed by atoms with van der Waals surface area (Å²) in [4.78, 5) is 55.4. The third-order valence-corrected chi connectivity index (χ3v) is 8.60. The Kier molecular flexibility index (Phi) is 6.21. The molecule has 2 heterocycles. The lowest BCUT2D eigenvalue weighted by Crippen LogP contribution is -2.48. The minimum atomic E-state index is -1.48. The number of nitrogens with zero attached hydrogens (tertiary/aromatic N) is 2. The maximum Gasteiger partial charge on any atom is 0.418 e. The van der Waals surface area contributed by atoms with Crippen molar-refractivity contribution in [1.29, 1.82) is 0 Å². The zero-order valence-electron chi connectivity index (χ0n) is 22.7. The van der Waals surface area contributed by atoms with Crippen molar-refractivity contribution < 1.29 is 28.3 Å². The Bertz CT molecular complexity index is 1430. The largest absolute Gasteiger partial charge is 0.427 e. The summed E-state index contributed by atoms with van der Waals surface area (Å²) in [5.41, 5.74) is 6.99. The minimum Gasteiger partial charge on any atom is -0.427 e. The number of rotatable bonds is 5. The summed E-state index contributed by atoms with van der Waals surface area (Å²) in [5, 5.41) is 2.78. The van der Waals surface area contributed by atoms with E-state index in [-0.39, 0.29) is 30.1 Å². The number of ether oxygens (including phenoxy) is 1. The van der Waals surface area contributed by atoms with Crippen molar-refractivity contribution in [2.75, 3.05) is 11.9 Å². The Hall–Kier alpha value is -3.79. The van der Waals surface area contributed by atoms with E-state index in [4.69, 9.17) is 10.5 Å². The van der Waals surface area contributed by atoms with Gasteiger partial charge in [-0.05, 0) is 92.8 Å². The number of hydrogen-bond acceptors (Lipinski definition) is 6. The molecular formula is C30H33FN4O5. The van der Waals surface area contributed by atoms with E-state index in [1.54, 1.807) is 43.0 Å². The SMILES string of the molecule is CC(C)(N)C(=O)Nc1ccc2c(c1)CC[C@]21OC(=O)N(CC(=O)N2Cc3ccc(F)cc3CC[C@H]2C2CC2)C1=O. The van der Waals surface area contributed by atoms with Gasteiger partial charge in [0.15, 0.2) is 0 Å². The number of carbonyl (C=O) groups excluding carboxylic acids is 4. The molecular weight excluding hydrogens is 515 g/mol. The first-order valence-electron chi connectivity index (χ1n) is 13.8. The molecule has 6 rings (SSSR count). The smallest absolute Gasteiger partial charge is 0.418 e.